The molecule has 11 heteroatoms. The van der Waals surface area contributed by atoms with Gasteiger partial charge in [0.05, 0.1) is 16.8 Å². The molecule has 0 spiro atoms. The Labute approximate surface area is 238 Å². The highest BCUT2D eigenvalue weighted by Gasteiger charge is 2.46. The molecular weight excluding hydrogens is 526 g/mol. The van der Waals surface area contributed by atoms with Crippen molar-refractivity contribution in [2.75, 3.05) is 44.2 Å². The zero-order valence-corrected chi connectivity index (χ0v) is 22.8. The second-order valence-corrected chi connectivity index (χ2v) is 10.9. The van der Waals surface area contributed by atoms with Crippen LogP contribution >= 0.6 is 0 Å². The van der Waals surface area contributed by atoms with E-state index < -0.39 is 29.7 Å². The summed E-state index contributed by atoms with van der Waals surface area (Å²) >= 11 is 0. The summed E-state index contributed by atoms with van der Waals surface area (Å²) in [6.45, 7) is 4.50. The maximum Gasteiger partial charge on any atom is 0.410 e. The molecule has 4 heterocycles. The normalized spacial score (nSPS) is 22.1. The number of ether oxygens (including phenoxy) is 1. The highest BCUT2D eigenvalue weighted by molar-refractivity contribution is 6.25. The lowest BCUT2D eigenvalue weighted by atomic mass is 9.99. The summed E-state index contributed by atoms with van der Waals surface area (Å²) < 4.78 is 5.49. The molecule has 1 N–H and O–H groups in total. The van der Waals surface area contributed by atoms with Gasteiger partial charge >= 0.3 is 6.09 Å². The topological polar surface area (TPSA) is 120 Å². The monoisotopic (exact) mass is 559 g/mol. The van der Waals surface area contributed by atoms with E-state index in [1.54, 1.807) is 17.0 Å². The van der Waals surface area contributed by atoms with Gasteiger partial charge in [0.25, 0.3) is 11.8 Å². The Morgan fingerprint density at radius 2 is 1.56 bits per heavy atom. The van der Waals surface area contributed by atoms with Gasteiger partial charge in [-0.2, -0.15) is 0 Å². The van der Waals surface area contributed by atoms with Gasteiger partial charge < -0.3 is 14.5 Å². The maximum atomic E-state index is 13.5. The fourth-order valence-electron chi connectivity index (χ4n) is 6.31. The van der Waals surface area contributed by atoms with Crippen LogP contribution < -0.4 is 10.2 Å². The lowest BCUT2D eigenvalue weighted by molar-refractivity contribution is -0.136. The molecule has 11 nitrogen and oxygen atoms in total. The first-order chi connectivity index (χ1) is 19.9. The first kappa shape index (κ1) is 26.9. The van der Waals surface area contributed by atoms with Crippen molar-refractivity contribution >= 4 is 35.4 Å². The number of nitrogens with one attached hydrogen (secondary N) is 1. The van der Waals surface area contributed by atoms with Crippen LogP contribution in [0.25, 0.3) is 0 Å². The summed E-state index contributed by atoms with van der Waals surface area (Å²) in [4.78, 5) is 70.6. The number of carbonyl (C=O) groups is 5. The second-order valence-electron chi connectivity index (χ2n) is 10.9. The van der Waals surface area contributed by atoms with E-state index in [1.807, 2.05) is 36.4 Å². The van der Waals surface area contributed by atoms with Crippen LogP contribution in [0, 0.1) is 0 Å². The van der Waals surface area contributed by atoms with Crippen LogP contribution in [0.3, 0.4) is 0 Å². The molecule has 0 aliphatic carbocycles. The van der Waals surface area contributed by atoms with Gasteiger partial charge in [-0.1, -0.05) is 36.4 Å². The number of fused-ring (bicyclic) bond motifs is 1. The number of piperazine rings is 1. The highest BCUT2D eigenvalue weighted by atomic mass is 16.6. The molecule has 2 aromatic carbocycles. The number of hydrogen-bond donors (Lipinski definition) is 1. The van der Waals surface area contributed by atoms with Crippen molar-refractivity contribution < 1.29 is 28.7 Å². The van der Waals surface area contributed by atoms with Gasteiger partial charge in [-0.15, -0.1) is 0 Å². The van der Waals surface area contributed by atoms with Gasteiger partial charge in [0.15, 0.2) is 0 Å². The van der Waals surface area contributed by atoms with Crippen LogP contribution in [-0.4, -0.2) is 95.8 Å². The third kappa shape index (κ3) is 5.29. The minimum atomic E-state index is -0.979. The molecule has 41 heavy (non-hydrogen) atoms. The number of piperidine rings is 2. The highest BCUT2D eigenvalue weighted by Crippen LogP contribution is 2.35. The SMILES string of the molecule is O=C1CCC(N2C(=O)c3cccc(N4CCC(N5CCN(C(=O)OCc6ccccc6)CC5)CC4)c3C2=O)C(=O)N1. The van der Waals surface area contributed by atoms with E-state index >= 15 is 0 Å². The molecule has 2 aromatic rings. The molecule has 3 saturated heterocycles. The Hall–Kier alpha value is -4.25. The standard InChI is InChI=1S/C30H33N5O6/c36-25-10-9-24(27(37)31-25)35-28(38)22-7-4-8-23(26(22)29(35)39)33-13-11-21(12-14-33)32-15-17-34(18-16-32)30(40)41-19-20-5-2-1-3-6-20/h1-8,21,24H,9-19H2,(H,31,36,37). The minimum absolute atomic E-state index is 0.0906. The quantitative estimate of drug-likeness (QED) is 0.553. The molecule has 0 saturated carbocycles. The number of benzene rings is 2. The van der Waals surface area contributed by atoms with Gasteiger partial charge in [-0.3, -0.25) is 34.3 Å². The molecule has 5 amide bonds. The molecule has 0 aromatic heterocycles. The van der Waals surface area contributed by atoms with E-state index in [4.69, 9.17) is 4.74 Å². The average molecular weight is 560 g/mol. The first-order valence-electron chi connectivity index (χ1n) is 14.2. The van der Waals surface area contributed by atoms with Crippen LogP contribution in [0.5, 0.6) is 0 Å². The van der Waals surface area contributed by atoms with E-state index in [1.165, 1.54) is 0 Å². The summed E-state index contributed by atoms with van der Waals surface area (Å²) in [5, 5.41) is 2.24. The number of carbonyl (C=O) groups excluding carboxylic acids is 5. The Bertz CT molecular complexity index is 1360. The van der Waals surface area contributed by atoms with Crippen LogP contribution in [0.4, 0.5) is 10.5 Å². The van der Waals surface area contributed by atoms with Crippen molar-refractivity contribution in [3.63, 3.8) is 0 Å². The van der Waals surface area contributed by atoms with Gasteiger partial charge in [0.1, 0.15) is 12.6 Å². The Balaban J connectivity index is 1.04. The van der Waals surface area contributed by atoms with Gasteiger partial charge in [-0.25, -0.2) is 4.79 Å². The maximum absolute atomic E-state index is 13.5. The zero-order valence-electron chi connectivity index (χ0n) is 22.8. The molecule has 6 rings (SSSR count). The number of hydrogen-bond acceptors (Lipinski definition) is 8. The molecule has 1 unspecified atom stereocenters. The van der Waals surface area contributed by atoms with Crippen LogP contribution in [0.15, 0.2) is 48.5 Å². The molecule has 1 atom stereocenters. The van der Waals surface area contributed by atoms with Crippen LogP contribution in [-0.2, 0) is 20.9 Å². The van der Waals surface area contributed by atoms with Crippen molar-refractivity contribution in [2.45, 2.75) is 44.4 Å². The van der Waals surface area contributed by atoms with Crippen molar-refractivity contribution in [3.05, 3.63) is 65.2 Å². The van der Waals surface area contributed by atoms with E-state index in [-0.39, 0.29) is 25.5 Å². The third-order valence-electron chi connectivity index (χ3n) is 8.55. The largest absolute Gasteiger partial charge is 0.445 e. The van der Waals surface area contributed by atoms with Gasteiger partial charge in [0, 0.05) is 51.7 Å². The summed E-state index contributed by atoms with van der Waals surface area (Å²) in [5.74, 6) is -1.97. The first-order valence-corrected chi connectivity index (χ1v) is 14.2. The number of imide groups is 2. The number of rotatable bonds is 5. The van der Waals surface area contributed by atoms with Crippen LogP contribution in [0.1, 0.15) is 52.0 Å². The number of amides is 5. The van der Waals surface area contributed by atoms with Crippen molar-refractivity contribution in [2.24, 2.45) is 0 Å². The smallest absolute Gasteiger partial charge is 0.410 e. The number of nitrogens with zero attached hydrogens (tertiary/aromatic N) is 4. The second kappa shape index (κ2) is 11.3. The Morgan fingerprint density at radius 3 is 2.27 bits per heavy atom. The lowest BCUT2D eigenvalue weighted by Gasteiger charge is -2.43. The molecule has 4 aliphatic rings. The molecule has 0 radical (unpaired) electrons. The Kier molecular flexibility index (Phi) is 7.44. The summed E-state index contributed by atoms with van der Waals surface area (Å²) in [7, 11) is 0. The fraction of sp³-hybridized carbons (Fsp3) is 0.433. The van der Waals surface area contributed by atoms with E-state index in [0.717, 1.165) is 49.5 Å². The van der Waals surface area contributed by atoms with Crippen molar-refractivity contribution in [1.82, 2.24) is 20.0 Å². The molecule has 4 aliphatic heterocycles. The predicted molar refractivity (Wildman–Crippen MR) is 148 cm³/mol. The molecular formula is C30H33N5O6. The molecule has 3 fully saturated rings. The fourth-order valence-corrected chi connectivity index (χ4v) is 6.31. The summed E-state index contributed by atoms with van der Waals surface area (Å²) in [6, 6.07) is 14.3. The van der Waals surface area contributed by atoms with E-state index in [9.17, 15) is 24.0 Å². The molecule has 214 valence electrons. The summed E-state index contributed by atoms with van der Waals surface area (Å²) in [5.41, 5.74) is 2.31. The summed E-state index contributed by atoms with van der Waals surface area (Å²) in [6.07, 6.45) is 1.72. The van der Waals surface area contributed by atoms with Crippen molar-refractivity contribution in [3.8, 4) is 0 Å². The minimum Gasteiger partial charge on any atom is -0.445 e. The van der Waals surface area contributed by atoms with Gasteiger partial charge in [-0.05, 0) is 37.0 Å². The Morgan fingerprint density at radius 1 is 0.829 bits per heavy atom. The zero-order chi connectivity index (χ0) is 28.5. The van der Waals surface area contributed by atoms with Gasteiger partial charge in [0.2, 0.25) is 11.8 Å². The van der Waals surface area contributed by atoms with Crippen LogP contribution in [0.2, 0.25) is 0 Å². The lowest BCUT2D eigenvalue weighted by Crippen LogP contribution is -2.54. The number of anilines is 1. The van der Waals surface area contributed by atoms with Crippen molar-refractivity contribution in [1.29, 1.82) is 0 Å². The molecule has 0 bridgehead atoms. The van der Waals surface area contributed by atoms with E-state index in [2.05, 4.69) is 15.1 Å². The predicted octanol–water partition coefficient (Wildman–Crippen LogP) is 2.01. The van der Waals surface area contributed by atoms with E-state index in [0.29, 0.717) is 35.9 Å². The average Bonchev–Trinajstić information content (AvgIpc) is 3.26. The third-order valence-corrected chi connectivity index (χ3v) is 8.55.